The first-order valence-electron chi connectivity index (χ1n) is 6.91. The standard InChI is InChI=1S/C16H11Cl3N4O/c17-11-2-4-15(23-9-20-8-21-23)14(7-11)22-16(24)6-10-1-3-12(18)13(19)5-10/h1-5,7-9H,6H2,(H,22,24). The van der Waals surface area contributed by atoms with Crippen LogP contribution in [0.4, 0.5) is 5.69 Å². The van der Waals surface area contributed by atoms with Gasteiger partial charge in [0.2, 0.25) is 5.91 Å². The Morgan fingerprint density at radius 3 is 2.62 bits per heavy atom. The summed E-state index contributed by atoms with van der Waals surface area (Å²) in [4.78, 5) is 16.2. The molecule has 3 aromatic rings. The van der Waals surface area contributed by atoms with Gasteiger partial charge in [0.25, 0.3) is 0 Å². The Bertz CT molecular complexity index is 881. The van der Waals surface area contributed by atoms with Gasteiger partial charge >= 0.3 is 0 Å². The van der Waals surface area contributed by atoms with E-state index in [0.29, 0.717) is 26.4 Å². The fourth-order valence-electron chi connectivity index (χ4n) is 2.17. The number of hydrogen-bond acceptors (Lipinski definition) is 3. The van der Waals surface area contributed by atoms with Crippen molar-refractivity contribution < 1.29 is 4.79 Å². The molecule has 0 aliphatic rings. The van der Waals surface area contributed by atoms with Crippen molar-refractivity contribution in [3.8, 4) is 5.69 Å². The summed E-state index contributed by atoms with van der Waals surface area (Å²) in [5.41, 5.74) is 1.96. The second-order valence-corrected chi connectivity index (χ2v) is 6.23. The Kier molecular flexibility index (Phi) is 5.04. The Morgan fingerprint density at radius 2 is 1.92 bits per heavy atom. The van der Waals surface area contributed by atoms with E-state index in [2.05, 4.69) is 15.4 Å². The molecule has 0 aliphatic heterocycles. The fourth-order valence-corrected chi connectivity index (χ4v) is 2.66. The highest BCUT2D eigenvalue weighted by Crippen LogP contribution is 2.25. The minimum absolute atomic E-state index is 0.153. The molecule has 1 N–H and O–H groups in total. The summed E-state index contributed by atoms with van der Waals surface area (Å²) < 4.78 is 1.55. The van der Waals surface area contributed by atoms with Crippen LogP contribution in [0.15, 0.2) is 49.1 Å². The molecule has 3 rings (SSSR count). The van der Waals surface area contributed by atoms with Gasteiger partial charge in [-0.15, -0.1) is 0 Å². The predicted octanol–water partition coefficient (Wildman–Crippen LogP) is 4.41. The highest BCUT2D eigenvalue weighted by atomic mass is 35.5. The van der Waals surface area contributed by atoms with E-state index in [9.17, 15) is 4.79 Å². The maximum Gasteiger partial charge on any atom is 0.228 e. The normalized spacial score (nSPS) is 10.6. The largest absolute Gasteiger partial charge is 0.324 e. The molecule has 0 saturated heterocycles. The molecule has 0 atom stereocenters. The van der Waals surface area contributed by atoms with E-state index in [1.807, 2.05) is 0 Å². The number of nitrogens with one attached hydrogen (secondary N) is 1. The molecule has 0 unspecified atom stereocenters. The fraction of sp³-hybridized carbons (Fsp3) is 0.0625. The molecule has 0 fully saturated rings. The molecule has 1 amide bonds. The van der Waals surface area contributed by atoms with Crippen LogP contribution in [-0.4, -0.2) is 20.7 Å². The molecular weight excluding hydrogens is 371 g/mol. The van der Waals surface area contributed by atoms with Crippen LogP contribution in [0.25, 0.3) is 5.69 Å². The lowest BCUT2D eigenvalue weighted by Crippen LogP contribution is -2.16. The molecule has 0 saturated carbocycles. The number of carbonyl (C=O) groups is 1. The lowest BCUT2D eigenvalue weighted by Gasteiger charge is -2.11. The molecule has 0 aliphatic carbocycles. The van der Waals surface area contributed by atoms with Crippen molar-refractivity contribution in [1.82, 2.24) is 14.8 Å². The van der Waals surface area contributed by atoms with Gasteiger partial charge in [-0.1, -0.05) is 40.9 Å². The van der Waals surface area contributed by atoms with Gasteiger partial charge in [0, 0.05) is 5.02 Å². The number of aromatic nitrogens is 3. The summed E-state index contributed by atoms with van der Waals surface area (Å²) in [5.74, 6) is -0.211. The third-order valence-electron chi connectivity index (χ3n) is 3.25. The van der Waals surface area contributed by atoms with Crippen LogP contribution in [0, 0.1) is 0 Å². The van der Waals surface area contributed by atoms with E-state index in [-0.39, 0.29) is 12.3 Å². The maximum absolute atomic E-state index is 12.3. The quantitative estimate of drug-likeness (QED) is 0.728. The Balaban J connectivity index is 1.81. The van der Waals surface area contributed by atoms with Crippen molar-refractivity contribution in [1.29, 1.82) is 0 Å². The zero-order valence-corrected chi connectivity index (χ0v) is 14.5. The molecule has 2 aromatic carbocycles. The van der Waals surface area contributed by atoms with E-state index >= 15 is 0 Å². The smallest absolute Gasteiger partial charge is 0.228 e. The molecule has 1 heterocycles. The van der Waals surface area contributed by atoms with Gasteiger partial charge in [0.15, 0.2) is 0 Å². The number of halogens is 3. The molecular formula is C16H11Cl3N4O. The van der Waals surface area contributed by atoms with Gasteiger partial charge < -0.3 is 5.32 Å². The summed E-state index contributed by atoms with van der Waals surface area (Å²) in [6.45, 7) is 0. The van der Waals surface area contributed by atoms with Crippen LogP contribution in [0.5, 0.6) is 0 Å². The van der Waals surface area contributed by atoms with E-state index in [1.54, 1.807) is 41.1 Å². The SMILES string of the molecule is O=C(Cc1ccc(Cl)c(Cl)c1)Nc1cc(Cl)ccc1-n1cncn1. The Morgan fingerprint density at radius 1 is 1.08 bits per heavy atom. The lowest BCUT2D eigenvalue weighted by molar-refractivity contribution is -0.115. The van der Waals surface area contributed by atoms with Crippen molar-refractivity contribution >= 4 is 46.4 Å². The van der Waals surface area contributed by atoms with Gasteiger partial charge in [-0.25, -0.2) is 9.67 Å². The second kappa shape index (κ2) is 7.21. The number of rotatable bonds is 4. The van der Waals surface area contributed by atoms with Crippen LogP contribution < -0.4 is 5.32 Å². The van der Waals surface area contributed by atoms with Crippen LogP contribution in [0.3, 0.4) is 0 Å². The molecule has 122 valence electrons. The number of benzene rings is 2. The molecule has 8 heteroatoms. The molecule has 0 spiro atoms. The Hall–Kier alpha value is -2.08. The third kappa shape index (κ3) is 3.87. The monoisotopic (exact) mass is 380 g/mol. The number of nitrogens with zero attached hydrogens (tertiary/aromatic N) is 3. The van der Waals surface area contributed by atoms with Crippen LogP contribution in [0.2, 0.25) is 15.1 Å². The Labute approximate surface area is 153 Å². The maximum atomic E-state index is 12.3. The molecule has 0 radical (unpaired) electrons. The highest BCUT2D eigenvalue weighted by Gasteiger charge is 2.11. The predicted molar refractivity (Wildman–Crippen MR) is 95.2 cm³/mol. The van der Waals surface area contributed by atoms with Crippen molar-refractivity contribution in [3.05, 3.63) is 69.7 Å². The summed E-state index contributed by atoms with van der Waals surface area (Å²) >= 11 is 17.9. The highest BCUT2D eigenvalue weighted by molar-refractivity contribution is 6.42. The third-order valence-corrected chi connectivity index (χ3v) is 4.22. The average molecular weight is 382 g/mol. The van der Waals surface area contributed by atoms with E-state index in [4.69, 9.17) is 34.8 Å². The van der Waals surface area contributed by atoms with Gasteiger partial charge in [-0.3, -0.25) is 4.79 Å². The minimum atomic E-state index is -0.211. The first-order valence-corrected chi connectivity index (χ1v) is 8.04. The number of amides is 1. The summed E-state index contributed by atoms with van der Waals surface area (Å²) in [6, 6.07) is 10.2. The van der Waals surface area contributed by atoms with Crippen LogP contribution in [0.1, 0.15) is 5.56 Å². The van der Waals surface area contributed by atoms with Crippen molar-refractivity contribution in [3.63, 3.8) is 0 Å². The van der Waals surface area contributed by atoms with Gasteiger partial charge in [-0.05, 0) is 35.9 Å². The summed E-state index contributed by atoms with van der Waals surface area (Å²) in [6.07, 6.45) is 3.11. The van der Waals surface area contributed by atoms with Gasteiger partial charge in [0.05, 0.1) is 27.8 Å². The van der Waals surface area contributed by atoms with Crippen molar-refractivity contribution in [2.75, 3.05) is 5.32 Å². The number of hydrogen-bond donors (Lipinski definition) is 1. The molecule has 1 aromatic heterocycles. The second-order valence-electron chi connectivity index (χ2n) is 4.97. The van der Waals surface area contributed by atoms with Crippen molar-refractivity contribution in [2.45, 2.75) is 6.42 Å². The van der Waals surface area contributed by atoms with E-state index in [0.717, 1.165) is 5.56 Å². The van der Waals surface area contributed by atoms with E-state index in [1.165, 1.54) is 12.7 Å². The lowest BCUT2D eigenvalue weighted by atomic mass is 10.1. The van der Waals surface area contributed by atoms with Gasteiger partial charge in [-0.2, -0.15) is 5.10 Å². The zero-order chi connectivity index (χ0) is 17.1. The zero-order valence-electron chi connectivity index (χ0n) is 12.2. The average Bonchev–Trinajstić information content (AvgIpc) is 3.05. The first-order chi connectivity index (χ1) is 11.5. The van der Waals surface area contributed by atoms with Crippen LogP contribution >= 0.6 is 34.8 Å². The number of carbonyl (C=O) groups excluding carboxylic acids is 1. The van der Waals surface area contributed by atoms with E-state index < -0.39 is 0 Å². The topological polar surface area (TPSA) is 59.8 Å². The van der Waals surface area contributed by atoms with Crippen LogP contribution in [-0.2, 0) is 11.2 Å². The minimum Gasteiger partial charge on any atom is -0.324 e. The molecule has 24 heavy (non-hydrogen) atoms. The molecule has 5 nitrogen and oxygen atoms in total. The summed E-state index contributed by atoms with van der Waals surface area (Å²) in [7, 11) is 0. The molecule has 0 bridgehead atoms. The summed E-state index contributed by atoms with van der Waals surface area (Å²) in [5, 5.41) is 8.26. The first kappa shape index (κ1) is 16.8. The van der Waals surface area contributed by atoms with Crippen molar-refractivity contribution in [2.24, 2.45) is 0 Å². The van der Waals surface area contributed by atoms with Gasteiger partial charge in [0.1, 0.15) is 12.7 Å². The number of anilines is 1.